The van der Waals surface area contributed by atoms with Crippen LogP contribution in [0.1, 0.15) is 0 Å². The first kappa shape index (κ1) is 21.3. The van der Waals surface area contributed by atoms with Gasteiger partial charge in [0, 0.05) is 19.5 Å². The van der Waals surface area contributed by atoms with Crippen molar-refractivity contribution in [2.24, 2.45) is 0 Å². The third-order valence-electron chi connectivity index (χ3n) is 1.23. The zero-order chi connectivity index (χ0) is 12.0. The van der Waals surface area contributed by atoms with E-state index in [-0.39, 0.29) is 26.9 Å². The van der Waals surface area contributed by atoms with Gasteiger partial charge in [-0.05, 0) is 0 Å². The van der Waals surface area contributed by atoms with E-state index in [0.717, 1.165) is 0 Å². The van der Waals surface area contributed by atoms with Crippen molar-refractivity contribution in [3.63, 3.8) is 0 Å². The molecule has 11 heteroatoms. The molecule has 0 saturated carbocycles. The van der Waals surface area contributed by atoms with E-state index >= 15 is 0 Å². The molecule has 1 N–H and O–H groups in total. The van der Waals surface area contributed by atoms with Crippen molar-refractivity contribution < 1.29 is 64.1 Å². The van der Waals surface area contributed by atoms with Gasteiger partial charge in [0.1, 0.15) is 0 Å². The van der Waals surface area contributed by atoms with E-state index < -0.39 is 24.1 Å². The molecular formula is C5H4F9OZn-. The molecule has 16 heavy (non-hydrogen) atoms. The minimum absolute atomic E-state index is 0. The van der Waals surface area contributed by atoms with E-state index in [1.807, 2.05) is 0 Å². The summed E-state index contributed by atoms with van der Waals surface area (Å²) in [5, 5.41) is 7.65. The Morgan fingerprint density at radius 2 is 0.688 bits per heavy atom. The van der Waals surface area contributed by atoms with Crippen molar-refractivity contribution in [1.29, 1.82) is 0 Å². The zero-order valence-electron chi connectivity index (χ0n) is 7.56. The molecule has 0 rings (SSSR count). The van der Waals surface area contributed by atoms with Gasteiger partial charge in [0.15, 0.2) is 0 Å². The molecule has 0 amide bonds. The number of aliphatic hydroxyl groups is 1. The van der Waals surface area contributed by atoms with Crippen LogP contribution in [0, 0.1) is 7.43 Å². The molecule has 0 bridgehead atoms. The average Bonchev–Trinajstić information content (AvgIpc) is 1.77. The summed E-state index contributed by atoms with van der Waals surface area (Å²) < 4.78 is 103. The van der Waals surface area contributed by atoms with Gasteiger partial charge < -0.3 is 12.5 Å². The topological polar surface area (TPSA) is 20.2 Å². The summed E-state index contributed by atoms with van der Waals surface area (Å²) in [6.07, 6.45) is -20.6. The second-order valence-corrected chi connectivity index (χ2v) is 2.20. The minimum Gasteiger partial charge on any atom is -0.367 e. The van der Waals surface area contributed by atoms with Gasteiger partial charge >= 0.3 is 24.1 Å². The van der Waals surface area contributed by atoms with Gasteiger partial charge in [0.25, 0.3) is 0 Å². The summed E-state index contributed by atoms with van der Waals surface area (Å²) in [7, 11) is 0. The van der Waals surface area contributed by atoms with Gasteiger partial charge in [-0.1, -0.05) is 0 Å². The molecule has 0 aromatic carbocycles. The molecule has 0 atom stereocenters. The molecule has 0 aromatic heterocycles. The van der Waals surface area contributed by atoms with Gasteiger partial charge in [-0.15, -0.1) is 0 Å². The fraction of sp³-hybridized carbons (Fsp3) is 0.800. The second-order valence-electron chi connectivity index (χ2n) is 2.20. The Morgan fingerprint density at radius 1 is 0.562 bits per heavy atom. The van der Waals surface area contributed by atoms with Crippen molar-refractivity contribution in [1.82, 2.24) is 0 Å². The Kier molecular flexibility index (Phi) is 6.74. The molecule has 0 aromatic rings. The Morgan fingerprint density at radius 3 is 0.688 bits per heavy atom. The van der Waals surface area contributed by atoms with E-state index in [9.17, 15) is 39.5 Å². The number of rotatable bonds is 0. The predicted octanol–water partition coefficient (Wildman–Crippen LogP) is 2.85. The van der Waals surface area contributed by atoms with E-state index in [0.29, 0.717) is 0 Å². The maximum absolute atomic E-state index is 11.4. The third-order valence-corrected chi connectivity index (χ3v) is 1.23. The summed E-state index contributed by atoms with van der Waals surface area (Å²) in [4.78, 5) is 0. The SMILES string of the molecule is OC(C(F)(F)F)(C(F)(F)F)C(F)(F)F.[CH3-].[Zn]. The molecule has 0 aliphatic heterocycles. The first-order valence-corrected chi connectivity index (χ1v) is 2.67. The molecule has 0 aliphatic carbocycles. The standard InChI is InChI=1S/C4HF9O.CH3.Zn/c5-2(6,7)1(14,3(8,9)10)4(11,12)13;;/h14H;1H3;/q;-1;. The quantitative estimate of drug-likeness (QED) is 0.414. The summed E-state index contributed by atoms with van der Waals surface area (Å²) in [6.45, 7) is 0. The van der Waals surface area contributed by atoms with E-state index in [1.165, 1.54) is 0 Å². The summed E-state index contributed by atoms with van der Waals surface area (Å²) in [6, 6.07) is 0. The van der Waals surface area contributed by atoms with Gasteiger partial charge in [-0.3, -0.25) is 0 Å². The van der Waals surface area contributed by atoms with Crippen molar-refractivity contribution in [2.45, 2.75) is 24.1 Å². The number of hydrogen-bond acceptors (Lipinski definition) is 1. The molecule has 0 aliphatic rings. The molecule has 0 spiro atoms. The zero-order valence-corrected chi connectivity index (χ0v) is 10.5. The van der Waals surface area contributed by atoms with Crippen LogP contribution in [0.2, 0.25) is 0 Å². The van der Waals surface area contributed by atoms with Crippen LogP contribution in [-0.2, 0) is 19.5 Å². The van der Waals surface area contributed by atoms with Gasteiger partial charge in [-0.25, -0.2) is 0 Å². The molecule has 0 unspecified atom stereocenters. The summed E-state index contributed by atoms with van der Waals surface area (Å²) >= 11 is 0. The minimum atomic E-state index is -6.87. The Hall–Kier alpha value is -0.0466. The molecular weight excluding hydrogens is 312 g/mol. The van der Waals surface area contributed by atoms with Crippen molar-refractivity contribution in [3.05, 3.63) is 7.43 Å². The molecule has 0 fully saturated rings. The van der Waals surface area contributed by atoms with E-state index in [1.54, 1.807) is 0 Å². The fourth-order valence-electron chi connectivity index (χ4n) is 0.482. The van der Waals surface area contributed by atoms with Crippen molar-refractivity contribution >= 4 is 0 Å². The van der Waals surface area contributed by atoms with Gasteiger partial charge in [0.2, 0.25) is 0 Å². The second kappa shape index (κ2) is 5.07. The van der Waals surface area contributed by atoms with Crippen LogP contribution >= 0.6 is 0 Å². The van der Waals surface area contributed by atoms with Crippen LogP contribution in [0.3, 0.4) is 0 Å². The van der Waals surface area contributed by atoms with E-state index in [2.05, 4.69) is 0 Å². The smallest absolute Gasteiger partial charge is 0.367 e. The molecule has 0 radical (unpaired) electrons. The summed E-state index contributed by atoms with van der Waals surface area (Å²) in [5.74, 6) is 0. The van der Waals surface area contributed by atoms with Crippen molar-refractivity contribution in [2.75, 3.05) is 0 Å². The number of alkyl halides is 9. The van der Waals surface area contributed by atoms with Crippen LogP contribution in [-0.4, -0.2) is 29.2 Å². The maximum atomic E-state index is 11.4. The molecule has 0 saturated heterocycles. The molecule has 0 heterocycles. The normalized spacial score (nSPS) is 13.9. The van der Waals surface area contributed by atoms with Crippen LogP contribution in [0.4, 0.5) is 39.5 Å². The third kappa shape index (κ3) is 3.22. The van der Waals surface area contributed by atoms with Gasteiger partial charge in [-0.2, -0.15) is 39.5 Å². The largest absolute Gasteiger partial charge is 0.435 e. The maximum Gasteiger partial charge on any atom is 0.435 e. The Bertz CT molecular complexity index is 177. The number of halogens is 9. The Labute approximate surface area is 96.4 Å². The first-order valence-electron chi connectivity index (χ1n) is 2.67. The summed E-state index contributed by atoms with van der Waals surface area (Å²) in [5.41, 5.74) is -6.69. The Balaban J connectivity index is -0.000000845. The monoisotopic (exact) mass is 315 g/mol. The first-order chi connectivity index (χ1) is 5.75. The van der Waals surface area contributed by atoms with Gasteiger partial charge in [0.05, 0.1) is 0 Å². The number of hydrogen-bond donors (Lipinski definition) is 1. The van der Waals surface area contributed by atoms with Crippen LogP contribution in [0.5, 0.6) is 0 Å². The predicted molar refractivity (Wildman–Crippen MR) is 29.5 cm³/mol. The van der Waals surface area contributed by atoms with Crippen LogP contribution in [0.25, 0.3) is 0 Å². The fourth-order valence-corrected chi connectivity index (χ4v) is 0.482. The van der Waals surface area contributed by atoms with Crippen molar-refractivity contribution in [3.8, 4) is 0 Å². The van der Waals surface area contributed by atoms with Crippen LogP contribution in [0.15, 0.2) is 0 Å². The van der Waals surface area contributed by atoms with Crippen LogP contribution < -0.4 is 0 Å². The van der Waals surface area contributed by atoms with E-state index in [4.69, 9.17) is 5.11 Å². The molecule has 1 nitrogen and oxygen atoms in total. The molecule has 96 valence electrons. The average molecular weight is 316 g/mol.